The van der Waals surface area contributed by atoms with Crippen molar-refractivity contribution in [2.75, 3.05) is 11.5 Å². The van der Waals surface area contributed by atoms with E-state index >= 15 is 0 Å². The SMILES string of the molecule is O=C(O)C1CCCC(C(=O)NC2CCCS(=O)(=O)C2)C1. The molecule has 2 N–H and O–H groups in total. The average molecular weight is 303 g/mol. The summed E-state index contributed by atoms with van der Waals surface area (Å²) in [6.07, 6.45) is 3.67. The Kier molecular flexibility index (Phi) is 4.67. The summed E-state index contributed by atoms with van der Waals surface area (Å²) in [5.74, 6) is -1.57. The minimum atomic E-state index is -3.04. The first-order valence-corrected chi connectivity index (χ1v) is 8.93. The monoisotopic (exact) mass is 303 g/mol. The van der Waals surface area contributed by atoms with Crippen LogP contribution in [0.25, 0.3) is 0 Å². The van der Waals surface area contributed by atoms with E-state index < -0.39 is 21.7 Å². The molecule has 1 saturated heterocycles. The van der Waals surface area contributed by atoms with Gasteiger partial charge in [0.15, 0.2) is 9.84 Å². The van der Waals surface area contributed by atoms with Gasteiger partial charge in [-0.25, -0.2) is 8.42 Å². The lowest BCUT2D eigenvalue weighted by Gasteiger charge is -2.29. The highest BCUT2D eigenvalue weighted by Gasteiger charge is 2.33. The Balaban J connectivity index is 1.89. The van der Waals surface area contributed by atoms with Crippen LogP contribution < -0.4 is 5.32 Å². The number of carbonyl (C=O) groups is 2. The molecule has 1 heterocycles. The summed E-state index contributed by atoms with van der Waals surface area (Å²) in [7, 11) is -3.04. The molecule has 2 rings (SSSR count). The summed E-state index contributed by atoms with van der Waals surface area (Å²) < 4.78 is 23.1. The van der Waals surface area contributed by atoms with Gasteiger partial charge >= 0.3 is 5.97 Å². The van der Waals surface area contributed by atoms with Crippen molar-refractivity contribution in [2.24, 2.45) is 11.8 Å². The standard InChI is InChI=1S/C13H21NO5S/c15-12(9-3-1-4-10(7-9)13(16)17)14-11-5-2-6-20(18,19)8-11/h9-11H,1-8H2,(H,14,15)(H,16,17). The van der Waals surface area contributed by atoms with Gasteiger partial charge in [0.25, 0.3) is 0 Å². The number of rotatable bonds is 3. The molecule has 0 aromatic rings. The summed E-state index contributed by atoms with van der Waals surface area (Å²) >= 11 is 0. The van der Waals surface area contributed by atoms with Crippen LogP contribution >= 0.6 is 0 Å². The number of hydrogen-bond acceptors (Lipinski definition) is 4. The molecule has 114 valence electrons. The van der Waals surface area contributed by atoms with E-state index in [1.807, 2.05) is 0 Å². The predicted octanol–water partition coefficient (Wildman–Crippen LogP) is 0.571. The number of sulfone groups is 1. The Bertz CT molecular complexity index is 487. The number of carbonyl (C=O) groups excluding carboxylic acids is 1. The second-order valence-corrected chi connectivity index (χ2v) is 8.09. The van der Waals surface area contributed by atoms with Gasteiger partial charge in [-0.05, 0) is 32.1 Å². The van der Waals surface area contributed by atoms with Gasteiger partial charge in [0.05, 0.1) is 17.4 Å². The van der Waals surface area contributed by atoms with Gasteiger partial charge in [-0.2, -0.15) is 0 Å². The van der Waals surface area contributed by atoms with Crippen molar-refractivity contribution in [3.63, 3.8) is 0 Å². The first kappa shape index (κ1) is 15.3. The van der Waals surface area contributed by atoms with E-state index in [2.05, 4.69) is 5.32 Å². The number of carboxylic acid groups (broad SMARTS) is 1. The number of hydrogen-bond donors (Lipinski definition) is 2. The van der Waals surface area contributed by atoms with Gasteiger partial charge in [0.1, 0.15) is 0 Å². The van der Waals surface area contributed by atoms with Crippen molar-refractivity contribution >= 4 is 21.7 Å². The molecule has 7 heteroatoms. The molecule has 2 fully saturated rings. The van der Waals surface area contributed by atoms with Crippen LogP contribution in [0.1, 0.15) is 38.5 Å². The molecular formula is C13H21NO5S. The molecule has 20 heavy (non-hydrogen) atoms. The second-order valence-electron chi connectivity index (χ2n) is 5.86. The van der Waals surface area contributed by atoms with Crippen LogP contribution in [-0.4, -0.2) is 42.9 Å². The molecule has 0 bridgehead atoms. The molecule has 3 unspecified atom stereocenters. The normalized spacial score (nSPS) is 33.3. The van der Waals surface area contributed by atoms with E-state index in [0.29, 0.717) is 32.1 Å². The summed E-state index contributed by atoms with van der Waals surface area (Å²) in [6.45, 7) is 0. The minimum Gasteiger partial charge on any atom is -0.481 e. The van der Waals surface area contributed by atoms with Crippen molar-refractivity contribution in [3.8, 4) is 0 Å². The van der Waals surface area contributed by atoms with Gasteiger partial charge in [-0.1, -0.05) is 6.42 Å². The molecule has 1 saturated carbocycles. The minimum absolute atomic E-state index is 0.00776. The fourth-order valence-corrected chi connectivity index (χ4v) is 4.74. The molecule has 0 spiro atoms. The first-order valence-electron chi connectivity index (χ1n) is 7.11. The van der Waals surface area contributed by atoms with Gasteiger partial charge in [0, 0.05) is 12.0 Å². The van der Waals surface area contributed by atoms with Crippen molar-refractivity contribution in [3.05, 3.63) is 0 Å². The van der Waals surface area contributed by atoms with E-state index in [1.165, 1.54) is 0 Å². The first-order chi connectivity index (χ1) is 9.37. The highest BCUT2D eigenvalue weighted by Crippen LogP contribution is 2.29. The van der Waals surface area contributed by atoms with E-state index in [0.717, 1.165) is 6.42 Å². The lowest BCUT2D eigenvalue weighted by atomic mass is 9.81. The molecule has 2 aliphatic rings. The molecule has 1 aliphatic heterocycles. The van der Waals surface area contributed by atoms with E-state index in [1.54, 1.807) is 0 Å². The van der Waals surface area contributed by atoms with Crippen molar-refractivity contribution in [1.29, 1.82) is 0 Å². The van der Waals surface area contributed by atoms with Crippen molar-refractivity contribution in [1.82, 2.24) is 5.32 Å². The highest BCUT2D eigenvalue weighted by molar-refractivity contribution is 7.91. The lowest BCUT2D eigenvalue weighted by Crippen LogP contribution is -2.46. The van der Waals surface area contributed by atoms with Gasteiger partial charge < -0.3 is 10.4 Å². The van der Waals surface area contributed by atoms with E-state index in [-0.39, 0.29) is 29.4 Å². The fourth-order valence-electron chi connectivity index (χ4n) is 3.11. The molecular weight excluding hydrogens is 282 g/mol. The molecule has 3 atom stereocenters. The van der Waals surface area contributed by atoms with Gasteiger partial charge in [-0.15, -0.1) is 0 Å². The van der Waals surface area contributed by atoms with Crippen LogP contribution in [0.5, 0.6) is 0 Å². The number of nitrogens with one attached hydrogen (secondary N) is 1. The average Bonchev–Trinajstić information content (AvgIpc) is 2.37. The Labute approximate surface area is 118 Å². The van der Waals surface area contributed by atoms with Gasteiger partial charge in [-0.3, -0.25) is 9.59 Å². The Hall–Kier alpha value is -1.11. The largest absolute Gasteiger partial charge is 0.481 e. The molecule has 0 aromatic carbocycles. The topological polar surface area (TPSA) is 101 Å². The van der Waals surface area contributed by atoms with E-state index in [4.69, 9.17) is 5.11 Å². The highest BCUT2D eigenvalue weighted by atomic mass is 32.2. The predicted molar refractivity (Wildman–Crippen MR) is 72.9 cm³/mol. The smallest absolute Gasteiger partial charge is 0.306 e. The summed E-state index contributed by atoms with van der Waals surface area (Å²) in [4.78, 5) is 23.1. The third-order valence-electron chi connectivity index (χ3n) is 4.20. The molecule has 1 amide bonds. The van der Waals surface area contributed by atoms with Crippen LogP contribution in [0.3, 0.4) is 0 Å². The zero-order valence-electron chi connectivity index (χ0n) is 11.4. The summed E-state index contributed by atoms with van der Waals surface area (Å²) in [5.41, 5.74) is 0. The van der Waals surface area contributed by atoms with E-state index in [9.17, 15) is 18.0 Å². The van der Waals surface area contributed by atoms with Crippen LogP contribution in [0, 0.1) is 11.8 Å². The van der Waals surface area contributed by atoms with Crippen LogP contribution in [0.15, 0.2) is 0 Å². The molecule has 0 aromatic heterocycles. The van der Waals surface area contributed by atoms with Crippen molar-refractivity contribution < 1.29 is 23.1 Å². The van der Waals surface area contributed by atoms with Crippen LogP contribution in [-0.2, 0) is 19.4 Å². The quantitative estimate of drug-likeness (QED) is 0.794. The Morgan fingerprint density at radius 3 is 2.40 bits per heavy atom. The number of carboxylic acids is 1. The Morgan fingerprint density at radius 1 is 1.05 bits per heavy atom. The fraction of sp³-hybridized carbons (Fsp3) is 0.846. The molecule has 6 nitrogen and oxygen atoms in total. The lowest BCUT2D eigenvalue weighted by molar-refractivity contribution is -0.144. The molecule has 0 radical (unpaired) electrons. The number of amides is 1. The zero-order valence-corrected chi connectivity index (χ0v) is 12.2. The van der Waals surface area contributed by atoms with Gasteiger partial charge in [0.2, 0.25) is 5.91 Å². The van der Waals surface area contributed by atoms with Crippen molar-refractivity contribution in [2.45, 2.75) is 44.6 Å². The Morgan fingerprint density at radius 2 is 1.75 bits per heavy atom. The summed E-state index contributed by atoms with van der Waals surface area (Å²) in [5, 5.41) is 11.8. The third-order valence-corrected chi connectivity index (χ3v) is 6.02. The maximum absolute atomic E-state index is 12.1. The summed E-state index contributed by atoms with van der Waals surface area (Å²) in [6, 6.07) is -0.313. The van der Waals surface area contributed by atoms with Crippen LogP contribution in [0.4, 0.5) is 0 Å². The number of aliphatic carboxylic acids is 1. The maximum atomic E-state index is 12.1. The second kappa shape index (κ2) is 6.11. The van der Waals surface area contributed by atoms with Crippen LogP contribution in [0.2, 0.25) is 0 Å². The molecule has 1 aliphatic carbocycles. The maximum Gasteiger partial charge on any atom is 0.306 e. The zero-order chi connectivity index (χ0) is 14.8. The third kappa shape index (κ3) is 3.94.